The van der Waals surface area contributed by atoms with Gasteiger partial charge in [0.2, 0.25) is 0 Å². The molecule has 6 heteroatoms. The van der Waals surface area contributed by atoms with Crippen LogP contribution in [-0.4, -0.2) is 19.9 Å². The second-order valence-corrected chi connectivity index (χ2v) is 4.57. The van der Waals surface area contributed by atoms with Gasteiger partial charge in [0.15, 0.2) is 10.8 Å². The quantitative estimate of drug-likeness (QED) is 0.697. The van der Waals surface area contributed by atoms with Crippen LogP contribution in [-0.2, 0) is 7.05 Å². The number of rotatable bonds is 2. The highest BCUT2D eigenvalue weighted by molar-refractivity contribution is 7.13. The SMILES string of the molecule is Cc1cc(-c2csc(-c3ccno3)n2)nn1C. The second kappa shape index (κ2) is 3.81. The van der Waals surface area contributed by atoms with Crippen molar-refractivity contribution in [2.24, 2.45) is 7.05 Å². The van der Waals surface area contributed by atoms with E-state index in [4.69, 9.17) is 4.52 Å². The van der Waals surface area contributed by atoms with E-state index in [2.05, 4.69) is 15.2 Å². The van der Waals surface area contributed by atoms with Crippen LogP contribution in [0.15, 0.2) is 28.2 Å². The topological polar surface area (TPSA) is 56.7 Å². The number of nitrogens with zero attached hydrogens (tertiary/aromatic N) is 4. The monoisotopic (exact) mass is 246 g/mol. The lowest BCUT2D eigenvalue weighted by Crippen LogP contribution is -1.92. The van der Waals surface area contributed by atoms with Crippen molar-refractivity contribution in [1.82, 2.24) is 19.9 Å². The maximum absolute atomic E-state index is 5.07. The minimum atomic E-state index is 0.689. The van der Waals surface area contributed by atoms with E-state index >= 15 is 0 Å². The Labute approximate surface area is 102 Å². The third-order valence-corrected chi connectivity index (χ3v) is 3.39. The number of aryl methyl sites for hydroxylation is 2. The molecule has 0 atom stereocenters. The minimum Gasteiger partial charge on any atom is -0.354 e. The summed E-state index contributed by atoms with van der Waals surface area (Å²) in [7, 11) is 1.92. The molecular weight excluding hydrogens is 236 g/mol. The summed E-state index contributed by atoms with van der Waals surface area (Å²) in [5.74, 6) is 0.689. The molecule has 0 saturated carbocycles. The number of thiazole rings is 1. The molecule has 0 N–H and O–H groups in total. The lowest BCUT2D eigenvalue weighted by atomic mass is 10.3. The van der Waals surface area contributed by atoms with Crippen molar-refractivity contribution in [3.05, 3.63) is 29.4 Å². The first-order valence-electron chi connectivity index (χ1n) is 5.11. The van der Waals surface area contributed by atoms with Gasteiger partial charge in [0, 0.05) is 24.2 Å². The molecule has 3 rings (SSSR count). The van der Waals surface area contributed by atoms with Crippen LogP contribution in [0.4, 0.5) is 0 Å². The van der Waals surface area contributed by atoms with Crippen LogP contribution >= 0.6 is 11.3 Å². The van der Waals surface area contributed by atoms with Crippen molar-refractivity contribution in [3.63, 3.8) is 0 Å². The predicted octanol–water partition coefficient (Wildman–Crippen LogP) is 2.51. The smallest absolute Gasteiger partial charge is 0.195 e. The highest BCUT2D eigenvalue weighted by atomic mass is 32.1. The van der Waals surface area contributed by atoms with E-state index in [0.29, 0.717) is 5.76 Å². The van der Waals surface area contributed by atoms with Crippen LogP contribution in [0.25, 0.3) is 22.2 Å². The molecule has 0 bridgehead atoms. The molecule has 3 heterocycles. The van der Waals surface area contributed by atoms with Gasteiger partial charge in [-0.2, -0.15) is 5.10 Å². The average Bonchev–Trinajstić information content (AvgIpc) is 3.00. The first kappa shape index (κ1) is 10.2. The third-order valence-electron chi connectivity index (χ3n) is 2.53. The Morgan fingerprint density at radius 1 is 1.35 bits per heavy atom. The molecule has 0 spiro atoms. The molecule has 0 aliphatic heterocycles. The van der Waals surface area contributed by atoms with Crippen LogP contribution < -0.4 is 0 Å². The fraction of sp³-hybridized carbons (Fsp3) is 0.182. The van der Waals surface area contributed by atoms with Gasteiger partial charge in [-0.15, -0.1) is 11.3 Å². The zero-order chi connectivity index (χ0) is 11.8. The van der Waals surface area contributed by atoms with Gasteiger partial charge in [0.25, 0.3) is 0 Å². The Hall–Kier alpha value is -1.95. The normalized spacial score (nSPS) is 10.9. The molecule has 0 radical (unpaired) electrons. The maximum Gasteiger partial charge on any atom is 0.195 e. The highest BCUT2D eigenvalue weighted by Crippen LogP contribution is 2.28. The molecule has 0 unspecified atom stereocenters. The fourth-order valence-corrected chi connectivity index (χ4v) is 2.29. The molecule has 0 aliphatic rings. The van der Waals surface area contributed by atoms with E-state index < -0.39 is 0 Å². The van der Waals surface area contributed by atoms with Crippen LogP contribution in [0, 0.1) is 6.92 Å². The van der Waals surface area contributed by atoms with Gasteiger partial charge in [0.1, 0.15) is 11.4 Å². The maximum atomic E-state index is 5.07. The molecule has 3 aromatic heterocycles. The Morgan fingerprint density at radius 2 is 2.24 bits per heavy atom. The van der Waals surface area contributed by atoms with Crippen LogP contribution in [0.2, 0.25) is 0 Å². The molecule has 0 saturated heterocycles. The standard InChI is InChI=1S/C11H10N4OS/c1-7-5-8(14-15(7)2)9-6-17-11(13-9)10-3-4-12-16-10/h3-6H,1-2H3. The van der Waals surface area contributed by atoms with Crippen LogP contribution in [0.3, 0.4) is 0 Å². The molecule has 0 fully saturated rings. The zero-order valence-corrected chi connectivity index (χ0v) is 10.2. The molecule has 0 amide bonds. The number of aromatic nitrogens is 4. The second-order valence-electron chi connectivity index (χ2n) is 3.71. The minimum absolute atomic E-state index is 0.689. The van der Waals surface area contributed by atoms with Crippen molar-refractivity contribution < 1.29 is 4.52 Å². The molecular formula is C11H10N4OS. The Kier molecular flexibility index (Phi) is 2.29. The molecule has 17 heavy (non-hydrogen) atoms. The van der Waals surface area contributed by atoms with Crippen molar-refractivity contribution in [2.45, 2.75) is 6.92 Å². The first-order valence-corrected chi connectivity index (χ1v) is 5.99. The lowest BCUT2D eigenvalue weighted by Gasteiger charge is -1.89. The molecule has 0 aromatic carbocycles. The van der Waals surface area contributed by atoms with Gasteiger partial charge in [-0.1, -0.05) is 5.16 Å². The summed E-state index contributed by atoms with van der Waals surface area (Å²) in [4.78, 5) is 4.49. The largest absolute Gasteiger partial charge is 0.354 e. The lowest BCUT2D eigenvalue weighted by molar-refractivity contribution is 0.432. The summed E-state index contributed by atoms with van der Waals surface area (Å²) in [5, 5.41) is 10.9. The Bertz CT molecular complexity index is 619. The van der Waals surface area contributed by atoms with Gasteiger partial charge in [-0.25, -0.2) is 4.98 Å². The van der Waals surface area contributed by atoms with E-state index in [1.807, 2.05) is 30.1 Å². The van der Waals surface area contributed by atoms with Crippen molar-refractivity contribution in [3.8, 4) is 22.2 Å². The van der Waals surface area contributed by atoms with Gasteiger partial charge < -0.3 is 4.52 Å². The van der Waals surface area contributed by atoms with Crippen LogP contribution in [0.1, 0.15) is 5.69 Å². The van der Waals surface area contributed by atoms with Gasteiger partial charge in [-0.05, 0) is 13.0 Å². The third kappa shape index (κ3) is 1.76. The van der Waals surface area contributed by atoms with Gasteiger partial charge >= 0.3 is 0 Å². The van der Waals surface area contributed by atoms with E-state index in [-0.39, 0.29) is 0 Å². The summed E-state index contributed by atoms with van der Waals surface area (Å²) in [5.41, 5.74) is 2.85. The summed E-state index contributed by atoms with van der Waals surface area (Å²) in [6.45, 7) is 2.01. The first-order chi connectivity index (χ1) is 8.24. The van der Waals surface area contributed by atoms with Crippen molar-refractivity contribution >= 4 is 11.3 Å². The number of hydrogen-bond donors (Lipinski definition) is 0. The summed E-state index contributed by atoms with van der Waals surface area (Å²) in [6.07, 6.45) is 1.61. The van der Waals surface area contributed by atoms with Crippen LogP contribution in [0.5, 0.6) is 0 Å². The van der Waals surface area contributed by atoms with E-state index in [9.17, 15) is 0 Å². The molecule has 86 valence electrons. The molecule has 0 aliphatic carbocycles. The predicted molar refractivity (Wildman–Crippen MR) is 64.6 cm³/mol. The number of hydrogen-bond acceptors (Lipinski definition) is 5. The summed E-state index contributed by atoms with van der Waals surface area (Å²) < 4.78 is 6.91. The Balaban J connectivity index is 2.00. The van der Waals surface area contributed by atoms with Gasteiger partial charge in [0.05, 0.1) is 6.20 Å². The van der Waals surface area contributed by atoms with Crippen molar-refractivity contribution in [1.29, 1.82) is 0 Å². The van der Waals surface area contributed by atoms with E-state index in [1.165, 1.54) is 11.3 Å². The Morgan fingerprint density at radius 3 is 2.88 bits per heavy atom. The average molecular weight is 246 g/mol. The van der Waals surface area contributed by atoms with Crippen molar-refractivity contribution in [2.75, 3.05) is 0 Å². The fourth-order valence-electron chi connectivity index (χ4n) is 1.52. The zero-order valence-electron chi connectivity index (χ0n) is 9.41. The molecule has 3 aromatic rings. The summed E-state index contributed by atoms with van der Waals surface area (Å²) >= 11 is 1.52. The summed E-state index contributed by atoms with van der Waals surface area (Å²) in [6, 6.07) is 3.81. The highest BCUT2D eigenvalue weighted by Gasteiger charge is 2.11. The van der Waals surface area contributed by atoms with E-state index in [1.54, 1.807) is 12.3 Å². The van der Waals surface area contributed by atoms with E-state index in [0.717, 1.165) is 22.1 Å². The molecule has 5 nitrogen and oxygen atoms in total. The van der Waals surface area contributed by atoms with Gasteiger partial charge in [-0.3, -0.25) is 4.68 Å².